The van der Waals surface area contributed by atoms with Crippen molar-refractivity contribution in [3.05, 3.63) is 47.8 Å². The molecule has 0 amide bonds. The number of aromatic nitrogens is 2. The number of nitrogens with zero attached hydrogens (tertiary/aromatic N) is 1. The Hall–Kier alpha value is -2.19. The van der Waals surface area contributed by atoms with Crippen LogP contribution in [0.3, 0.4) is 0 Å². The fourth-order valence-corrected chi connectivity index (χ4v) is 2.41. The molecule has 0 aliphatic rings. The molecule has 5 nitrogen and oxygen atoms in total. The second-order valence-corrected chi connectivity index (χ2v) is 5.07. The average Bonchev–Trinajstić information content (AvgIpc) is 3.11. The summed E-state index contributed by atoms with van der Waals surface area (Å²) in [5.74, 6) is -0.212. The minimum Gasteiger partial charge on any atom is -0.451 e. The average molecular weight is 362 g/mol. The van der Waals surface area contributed by atoms with E-state index in [1.807, 2.05) is 0 Å². The van der Waals surface area contributed by atoms with E-state index in [1.54, 1.807) is 12.1 Å². The topological polar surface area (TPSA) is 77.1 Å². The van der Waals surface area contributed by atoms with Crippen molar-refractivity contribution in [1.82, 2.24) is 9.97 Å². The first-order valence-electron chi connectivity index (χ1n) is 6.92. The zero-order valence-electron chi connectivity index (χ0n) is 12.4. The number of aryl methyl sites for hydroxylation is 2. The molecule has 0 saturated heterocycles. The fourth-order valence-electron chi connectivity index (χ4n) is 2.41. The van der Waals surface area contributed by atoms with E-state index < -0.39 is 6.36 Å². The molecular weight excluding hydrogens is 347 g/mol. The highest BCUT2D eigenvalue weighted by molar-refractivity contribution is 5.85. The van der Waals surface area contributed by atoms with Crippen LogP contribution in [0, 0.1) is 0 Å². The predicted molar refractivity (Wildman–Crippen MR) is 84.0 cm³/mol. The Morgan fingerprint density at radius 2 is 2.00 bits per heavy atom. The summed E-state index contributed by atoms with van der Waals surface area (Å²) in [5, 5.41) is 0.620. The first kappa shape index (κ1) is 18.2. The number of rotatable bonds is 5. The molecule has 130 valence electrons. The van der Waals surface area contributed by atoms with E-state index in [1.165, 1.54) is 18.7 Å². The van der Waals surface area contributed by atoms with E-state index >= 15 is 0 Å². The minimum absolute atomic E-state index is 0. The number of fused-ring (bicyclic) bond motifs is 1. The van der Waals surface area contributed by atoms with Gasteiger partial charge in [0.05, 0.1) is 5.69 Å². The standard InChI is InChI=1S/C15H14F3N3O2.ClH/c16-15(17,18)23-14-5-10-3-12(6-19)21-13(10)4-9(14)1-2-11-7-22-8-20-11;/h3-5,7-8,21H,1-2,6,19H2;1H. The first-order chi connectivity index (χ1) is 10.9. The van der Waals surface area contributed by atoms with Crippen LogP contribution in [0.2, 0.25) is 0 Å². The maximum Gasteiger partial charge on any atom is 0.573 e. The Morgan fingerprint density at radius 1 is 1.21 bits per heavy atom. The van der Waals surface area contributed by atoms with E-state index in [2.05, 4.69) is 14.7 Å². The molecule has 0 aliphatic heterocycles. The van der Waals surface area contributed by atoms with Crippen molar-refractivity contribution in [1.29, 1.82) is 0 Å². The Labute approximate surface area is 141 Å². The molecule has 3 N–H and O–H groups in total. The van der Waals surface area contributed by atoms with Crippen LogP contribution in [-0.4, -0.2) is 16.3 Å². The molecule has 3 aromatic rings. The maximum absolute atomic E-state index is 12.6. The van der Waals surface area contributed by atoms with E-state index in [4.69, 9.17) is 10.2 Å². The summed E-state index contributed by atoms with van der Waals surface area (Å²) >= 11 is 0. The molecule has 2 heterocycles. The van der Waals surface area contributed by atoms with Gasteiger partial charge in [-0.05, 0) is 36.6 Å². The molecule has 24 heavy (non-hydrogen) atoms. The molecule has 0 radical (unpaired) electrons. The number of ether oxygens (including phenoxy) is 1. The number of halogens is 4. The van der Waals surface area contributed by atoms with Crippen molar-refractivity contribution in [2.75, 3.05) is 0 Å². The number of hydrogen-bond acceptors (Lipinski definition) is 4. The summed E-state index contributed by atoms with van der Waals surface area (Å²) < 4.78 is 46.9. The molecule has 9 heteroatoms. The largest absolute Gasteiger partial charge is 0.573 e. The van der Waals surface area contributed by atoms with Crippen LogP contribution in [0.15, 0.2) is 35.3 Å². The van der Waals surface area contributed by atoms with Gasteiger partial charge in [0.25, 0.3) is 0 Å². The van der Waals surface area contributed by atoms with E-state index in [0.717, 1.165) is 11.2 Å². The van der Waals surface area contributed by atoms with Gasteiger partial charge in [0.2, 0.25) is 0 Å². The lowest BCUT2D eigenvalue weighted by atomic mass is 10.1. The smallest absolute Gasteiger partial charge is 0.451 e. The SMILES string of the molecule is Cl.NCc1cc2cc(OC(F)(F)F)c(CCc3cocn3)cc2[nH]1. The summed E-state index contributed by atoms with van der Waals surface area (Å²) in [6, 6.07) is 4.73. The van der Waals surface area contributed by atoms with Gasteiger partial charge in [0.15, 0.2) is 6.39 Å². The van der Waals surface area contributed by atoms with Crippen LogP contribution < -0.4 is 10.5 Å². The minimum atomic E-state index is -4.75. The van der Waals surface area contributed by atoms with Crippen LogP contribution in [-0.2, 0) is 19.4 Å². The van der Waals surface area contributed by atoms with E-state index in [-0.39, 0.29) is 24.7 Å². The van der Waals surface area contributed by atoms with Gasteiger partial charge < -0.3 is 19.9 Å². The summed E-state index contributed by atoms with van der Waals surface area (Å²) in [4.78, 5) is 7.03. The van der Waals surface area contributed by atoms with Crippen molar-refractivity contribution in [2.24, 2.45) is 5.73 Å². The number of alkyl halides is 3. The van der Waals surface area contributed by atoms with E-state index in [9.17, 15) is 13.2 Å². The van der Waals surface area contributed by atoms with Crippen molar-refractivity contribution in [2.45, 2.75) is 25.7 Å². The van der Waals surface area contributed by atoms with Gasteiger partial charge in [-0.2, -0.15) is 0 Å². The van der Waals surface area contributed by atoms with Crippen molar-refractivity contribution in [3.8, 4) is 5.75 Å². The zero-order chi connectivity index (χ0) is 16.4. The van der Waals surface area contributed by atoms with E-state index in [0.29, 0.717) is 29.5 Å². The molecule has 0 bridgehead atoms. The summed E-state index contributed by atoms with van der Waals surface area (Å²) in [6.45, 7) is 0.276. The molecule has 0 aliphatic carbocycles. The lowest BCUT2D eigenvalue weighted by Gasteiger charge is -2.13. The van der Waals surface area contributed by atoms with Crippen molar-refractivity contribution >= 4 is 23.3 Å². The lowest BCUT2D eigenvalue weighted by molar-refractivity contribution is -0.274. The van der Waals surface area contributed by atoms with Gasteiger partial charge in [-0.15, -0.1) is 25.6 Å². The summed E-state index contributed by atoms with van der Waals surface area (Å²) in [6.07, 6.45) is -1.22. The number of hydrogen-bond donors (Lipinski definition) is 2. The quantitative estimate of drug-likeness (QED) is 0.726. The third-order valence-electron chi connectivity index (χ3n) is 3.44. The summed E-state index contributed by atoms with van der Waals surface area (Å²) in [7, 11) is 0. The molecule has 2 aromatic heterocycles. The molecule has 3 rings (SSSR count). The number of H-pyrrole nitrogens is 1. The van der Waals surface area contributed by atoms with Gasteiger partial charge in [-0.1, -0.05) is 0 Å². The molecular formula is C15H15ClF3N3O2. The maximum atomic E-state index is 12.6. The first-order valence-corrected chi connectivity index (χ1v) is 6.92. The predicted octanol–water partition coefficient (Wildman–Crippen LogP) is 3.72. The van der Waals surface area contributed by atoms with Gasteiger partial charge >= 0.3 is 6.36 Å². The lowest BCUT2D eigenvalue weighted by Crippen LogP contribution is -2.18. The second-order valence-electron chi connectivity index (χ2n) is 5.07. The highest BCUT2D eigenvalue weighted by atomic mass is 35.5. The van der Waals surface area contributed by atoms with Gasteiger partial charge in [-0.25, -0.2) is 4.98 Å². The van der Waals surface area contributed by atoms with Gasteiger partial charge in [0, 0.05) is 23.1 Å². The van der Waals surface area contributed by atoms with Crippen molar-refractivity contribution < 1.29 is 22.3 Å². The third-order valence-corrected chi connectivity index (χ3v) is 3.44. The Balaban J connectivity index is 0.00000208. The molecule has 0 fully saturated rings. The normalized spacial score (nSPS) is 11.5. The summed E-state index contributed by atoms with van der Waals surface area (Å²) in [5.41, 5.74) is 8.11. The number of aromatic amines is 1. The van der Waals surface area contributed by atoms with Gasteiger partial charge in [-0.3, -0.25) is 0 Å². The van der Waals surface area contributed by atoms with Crippen LogP contribution in [0.5, 0.6) is 5.75 Å². The van der Waals surface area contributed by atoms with Crippen molar-refractivity contribution in [3.63, 3.8) is 0 Å². The molecule has 0 spiro atoms. The highest BCUT2D eigenvalue weighted by Gasteiger charge is 2.32. The van der Waals surface area contributed by atoms with Crippen LogP contribution >= 0.6 is 12.4 Å². The Morgan fingerprint density at radius 3 is 2.62 bits per heavy atom. The number of nitrogens with two attached hydrogens (primary N) is 1. The van der Waals surface area contributed by atoms with Crippen LogP contribution in [0.25, 0.3) is 10.9 Å². The third kappa shape index (κ3) is 4.21. The Kier molecular flexibility index (Phi) is 5.40. The molecule has 0 unspecified atom stereocenters. The van der Waals surface area contributed by atoms with Gasteiger partial charge in [0.1, 0.15) is 12.0 Å². The number of benzene rings is 1. The zero-order valence-corrected chi connectivity index (χ0v) is 13.2. The Bertz CT molecular complexity index is 800. The van der Waals surface area contributed by atoms with Crippen LogP contribution in [0.1, 0.15) is 17.0 Å². The molecule has 0 atom stereocenters. The number of oxazole rings is 1. The van der Waals surface area contributed by atoms with Crippen LogP contribution in [0.4, 0.5) is 13.2 Å². The monoisotopic (exact) mass is 361 g/mol. The second kappa shape index (κ2) is 7.14. The molecule has 1 aromatic carbocycles. The molecule has 0 saturated carbocycles. The highest BCUT2D eigenvalue weighted by Crippen LogP contribution is 2.31. The number of nitrogens with one attached hydrogen (secondary N) is 1. The fraction of sp³-hybridized carbons (Fsp3) is 0.267.